The summed E-state index contributed by atoms with van der Waals surface area (Å²) < 4.78 is 5.69. The van der Waals surface area contributed by atoms with Crippen LogP contribution in [0.1, 0.15) is 27.2 Å². The molecule has 16 heavy (non-hydrogen) atoms. The predicted molar refractivity (Wildman–Crippen MR) is 67.1 cm³/mol. The van der Waals surface area contributed by atoms with E-state index in [1.54, 1.807) is 0 Å². The van der Waals surface area contributed by atoms with Crippen LogP contribution in [-0.2, 0) is 4.74 Å². The van der Waals surface area contributed by atoms with Crippen molar-refractivity contribution in [3.63, 3.8) is 0 Å². The van der Waals surface area contributed by atoms with Crippen molar-refractivity contribution in [1.29, 1.82) is 0 Å². The van der Waals surface area contributed by atoms with Crippen LogP contribution in [0.15, 0.2) is 0 Å². The first-order chi connectivity index (χ1) is 7.37. The summed E-state index contributed by atoms with van der Waals surface area (Å²) in [4.78, 5) is 2.10. The third-order valence-electron chi connectivity index (χ3n) is 3.92. The van der Waals surface area contributed by atoms with Gasteiger partial charge < -0.3 is 10.5 Å². The van der Waals surface area contributed by atoms with Crippen molar-refractivity contribution in [2.45, 2.75) is 38.8 Å². The highest BCUT2D eigenvalue weighted by Crippen LogP contribution is 2.49. The Hall–Kier alpha value is -0.560. The van der Waals surface area contributed by atoms with E-state index in [4.69, 9.17) is 16.9 Å². The van der Waals surface area contributed by atoms with E-state index >= 15 is 0 Å². The summed E-state index contributed by atoms with van der Waals surface area (Å²) in [6.45, 7) is 8.62. The highest BCUT2D eigenvalue weighted by Gasteiger charge is 2.58. The molecule has 0 saturated heterocycles. The monoisotopic (exact) mass is 224 g/mol. The van der Waals surface area contributed by atoms with Crippen LogP contribution < -0.4 is 5.73 Å². The molecule has 2 atom stereocenters. The standard InChI is InChI=1S/C13H24N2O/c1-6-8-15(5)10-13(14)9-11(16-7-2)12(13,3)4/h1,11H,7-10,14H2,2-5H3. The summed E-state index contributed by atoms with van der Waals surface area (Å²) in [6, 6.07) is 0. The quantitative estimate of drug-likeness (QED) is 0.710. The van der Waals surface area contributed by atoms with Gasteiger partial charge in [0.2, 0.25) is 0 Å². The maximum absolute atomic E-state index is 6.44. The Morgan fingerprint density at radius 1 is 1.56 bits per heavy atom. The first-order valence-corrected chi connectivity index (χ1v) is 5.90. The maximum Gasteiger partial charge on any atom is 0.0662 e. The van der Waals surface area contributed by atoms with Gasteiger partial charge in [-0.3, -0.25) is 4.90 Å². The molecule has 0 aromatic carbocycles. The van der Waals surface area contributed by atoms with Gasteiger partial charge in [0, 0.05) is 24.1 Å². The highest BCUT2D eigenvalue weighted by atomic mass is 16.5. The zero-order valence-corrected chi connectivity index (χ0v) is 10.9. The molecule has 2 unspecified atom stereocenters. The van der Waals surface area contributed by atoms with Gasteiger partial charge in [-0.25, -0.2) is 0 Å². The van der Waals surface area contributed by atoms with Gasteiger partial charge >= 0.3 is 0 Å². The van der Waals surface area contributed by atoms with Crippen LogP contribution in [0.25, 0.3) is 0 Å². The van der Waals surface area contributed by atoms with Gasteiger partial charge in [0.15, 0.2) is 0 Å². The molecular formula is C13H24N2O. The van der Waals surface area contributed by atoms with E-state index < -0.39 is 0 Å². The lowest BCUT2D eigenvalue weighted by molar-refractivity contribution is -0.154. The second-order valence-corrected chi connectivity index (χ2v) is 5.40. The third-order valence-corrected chi connectivity index (χ3v) is 3.92. The third kappa shape index (κ3) is 2.24. The first kappa shape index (κ1) is 13.5. The molecule has 0 heterocycles. The van der Waals surface area contributed by atoms with Crippen molar-refractivity contribution in [2.24, 2.45) is 11.1 Å². The SMILES string of the molecule is C#CCN(C)CC1(N)CC(OCC)C1(C)C. The number of nitrogens with two attached hydrogens (primary N) is 1. The summed E-state index contributed by atoms with van der Waals surface area (Å²) in [6.07, 6.45) is 6.49. The second-order valence-electron chi connectivity index (χ2n) is 5.40. The molecule has 1 aliphatic carbocycles. The number of rotatable bonds is 5. The molecule has 0 aliphatic heterocycles. The lowest BCUT2D eigenvalue weighted by Crippen LogP contribution is -2.73. The largest absolute Gasteiger partial charge is 0.378 e. The highest BCUT2D eigenvalue weighted by molar-refractivity contribution is 5.15. The Labute approximate surface area is 99.3 Å². The fraction of sp³-hybridized carbons (Fsp3) is 0.846. The maximum atomic E-state index is 6.44. The summed E-state index contributed by atoms with van der Waals surface area (Å²) in [5.74, 6) is 2.64. The zero-order chi connectivity index (χ0) is 12.4. The molecular weight excluding hydrogens is 200 g/mol. The summed E-state index contributed by atoms with van der Waals surface area (Å²) in [5, 5.41) is 0. The van der Waals surface area contributed by atoms with Crippen LogP contribution in [0.4, 0.5) is 0 Å². The van der Waals surface area contributed by atoms with Crippen molar-refractivity contribution >= 4 is 0 Å². The Morgan fingerprint density at radius 2 is 2.19 bits per heavy atom. The summed E-state index contributed by atoms with van der Waals surface area (Å²) in [7, 11) is 2.01. The minimum atomic E-state index is -0.182. The minimum Gasteiger partial charge on any atom is -0.378 e. The molecule has 0 aromatic heterocycles. The molecule has 0 spiro atoms. The van der Waals surface area contributed by atoms with E-state index in [1.165, 1.54) is 0 Å². The van der Waals surface area contributed by atoms with Crippen LogP contribution in [0.3, 0.4) is 0 Å². The van der Waals surface area contributed by atoms with Crippen molar-refractivity contribution in [1.82, 2.24) is 4.90 Å². The van der Waals surface area contributed by atoms with Gasteiger partial charge in [-0.05, 0) is 20.4 Å². The Bertz CT molecular complexity index is 282. The van der Waals surface area contributed by atoms with Gasteiger partial charge in [0.25, 0.3) is 0 Å². The number of nitrogens with zero attached hydrogens (tertiary/aromatic N) is 1. The lowest BCUT2D eigenvalue weighted by Gasteiger charge is -2.60. The predicted octanol–water partition coefficient (Wildman–Crippen LogP) is 1.08. The Balaban J connectivity index is 2.58. The Morgan fingerprint density at radius 3 is 2.62 bits per heavy atom. The number of ether oxygens (including phenoxy) is 1. The molecule has 92 valence electrons. The molecule has 0 aromatic rings. The van der Waals surface area contributed by atoms with Crippen LogP contribution in [0, 0.1) is 17.8 Å². The number of hydrogen-bond acceptors (Lipinski definition) is 3. The Kier molecular flexibility index (Phi) is 4.01. The molecule has 1 saturated carbocycles. The van der Waals surface area contributed by atoms with Crippen molar-refractivity contribution in [3.8, 4) is 12.3 Å². The first-order valence-electron chi connectivity index (χ1n) is 5.90. The van der Waals surface area contributed by atoms with Crippen LogP contribution in [-0.4, -0.2) is 43.3 Å². The average Bonchev–Trinajstić information content (AvgIpc) is 2.17. The average molecular weight is 224 g/mol. The fourth-order valence-corrected chi connectivity index (χ4v) is 2.47. The van der Waals surface area contributed by atoms with E-state index in [2.05, 4.69) is 24.7 Å². The smallest absolute Gasteiger partial charge is 0.0662 e. The molecule has 1 aliphatic rings. The fourth-order valence-electron chi connectivity index (χ4n) is 2.47. The van der Waals surface area contributed by atoms with E-state index in [1.807, 2.05) is 14.0 Å². The molecule has 3 nitrogen and oxygen atoms in total. The topological polar surface area (TPSA) is 38.5 Å². The number of hydrogen-bond donors (Lipinski definition) is 1. The molecule has 1 rings (SSSR count). The van der Waals surface area contributed by atoms with Crippen LogP contribution in [0.5, 0.6) is 0 Å². The van der Waals surface area contributed by atoms with Gasteiger partial charge in [-0.2, -0.15) is 0 Å². The van der Waals surface area contributed by atoms with Gasteiger partial charge in [-0.15, -0.1) is 6.42 Å². The van der Waals surface area contributed by atoms with E-state index in [0.29, 0.717) is 6.54 Å². The van der Waals surface area contributed by atoms with E-state index in [-0.39, 0.29) is 17.1 Å². The van der Waals surface area contributed by atoms with Crippen LogP contribution in [0.2, 0.25) is 0 Å². The second kappa shape index (κ2) is 4.75. The van der Waals surface area contributed by atoms with Gasteiger partial charge in [0.1, 0.15) is 0 Å². The molecule has 0 radical (unpaired) electrons. The van der Waals surface area contributed by atoms with Crippen LogP contribution >= 0.6 is 0 Å². The van der Waals surface area contributed by atoms with Crippen molar-refractivity contribution in [3.05, 3.63) is 0 Å². The van der Waals surface area contributed by atoms with Crippen molar-refractivity contribution < 1.29 is 4.74 Å². The van der Waals surface area contributed by atoms with Gasteiger partial charge in [0.05, 0.1) is 12.6 Å². The van der Waals surface area contributed by atoms with Gasteiger partial charge in [-0.1, -0.05) is 19.8 Å². The van der Waals surface area contributed by atoms with E-state index in [0.717, 1.165) is 19.6 Å². The van der Waals surface area contributed by atoms with E-state index in [9.17, 15) is 0 Å². The molecule has 0 bridgehead atoms. The summed E-state index contributed by atoms with van der Waals surface area (Å²) >= 11 is 0. The molecule has 3 heteroatoms. The zero-order valence-electron chi connectivity index (χ0n) is 10.9. The lowest BCUT2D eigenvalue weighted by atomic mass is 9.54. The van der Waals surface area contributed by atoms with Crippen molar-refractivity contribution in [2.75, 3.05) is 26.7 Å². The molecule has 2 N–H and O–H groups in total. The number of terminal acetylenes is 1. The molecule has 0 amide bonds. The minimum absolute atomic E-state index is 0.0197. The number of likely N-dealkylation sites (N-methyl/N-ethyl adjacent to an activating group) is 1. The summed E-state index contributed by atoms with van der Waals surface area (Å²) in [5.41, 5.74) is 6.28. The normalized spacial score (nSPS) is 32.2. The molecule has 1 fully saturated rings.